The minimum absolute atomic E-state index is 0.0516. The lowest BCUT2D eigenvalue weighted by Gasteiger charge is -2.25. The fourth-order valence-corrected chi connectivity index (χ4v) is 2.81. The largest absolute Gasteiger partial charge is 0.486 e. The third kappa shape index (κ3) is 4.48. The Balaban J connectivity index is 1.63. The number of anilines is 1. The molecule has 1 amide bonds. The lowest BCUT2D eigenvalue weighted by atomic mass is 9.95. The van der Waals surface area contributed by atoms with E-state index < -0.39 is 18.5 Å². The molecule has 0 spiro atoms. The molecular weight excluding hydrogens is 364 g/mol. The molecule has 1 atom stereocenters. The van der Waals surface area contributed by atoms with Crippen molar-refractivity contribution in [1.29, 1.82) is 0 Å². The summed E-state index contributed by atoms with van der Waals surface area (Å²) in [4.78, 5) is 31.9. The average Bonchev–Trinajstić information content (AvgIpc) is 2.70. The van der Waals surface area contributed by atoms with E-state index >= 15 is 0 Å². The van der Waals surface area contributed by atoms with Gasteiger partial charge in [-0.1, -0.05) is 19.9 Å². The van der Waals surface area contributed by atoms with Gasteiger partial charge in [-0.05, 0) is 23.6 Å². The highest BCUT2D eigenvalue weighted by atomic mass is 16.6. The second-order valence-corrected chi connectivity index (χ2v) is 6.56. The van der Waals surface area contributed by atoms with Crippen LogP contribution < -0.4 is 20.5 Å². The highest BCUT2D eigenvalue weighted by Crippen LogP contribution is 2.34. The number of amides is 1. The van der Waals surface area contributed by atoms with Crippen LogP contribution in [0.4, 0.5) is 5.82 Å². The molecule has 0 saturated carbocycles. The van der Waals surface area contributed by atoms with E-state index in [4.69, 9.17) is 19.9 Å². The van der Waals surface area contributed by atoms with E-state index in [-0.39, 0.29) is 23.5 Å². The Morgan fingerprint density at radius 2 is 1.89 bits per heavy atom. The molecule has 0 radical (unpaired) electrons. The molecule has 0 aliphatic carbocycles. The fourth-order valence-electron chi connectivity index (χ4n) is 2.81. The third-order valence-corrected chi connectivity index (χ3v) is 4.16. The van der Waals surface area contributed by atoms with Crippen LogP contribution >= 0.6 is 0 Å². The summed E-state index contributed by atoms with van der Waals surface area (Å²) in [6.07, 6.45) is 2.68. The van der Waals surface area contributed by atoms with Gasteiger partial charge < -0.3 is 25.3 Å². The molecular formula is C19H22N4O5. The zero-order valence-electron chi connectivity index (χ0n) is 15.7. The zero-order chi connectivity index (χ0) is 20.1. The predicted octanol–water partition coefficient (Wildman–Crippen LogP) is 1.50. The number of benzene rings is 1. The molecule has 3 N–H and O–H groups in total. The molecule has 1 aliphatic heterocycles. The Kier molecular flexibility index (Phi) is 5.93. The normalized spacial score (nSPS) is 13.7. The Labute approximate surface area is 162 Å². The van der Waals surface area contributed by atoms with Crippen molar-refractivity contribution >= 4 is 17.7 Å². The molecule has 1 aliphatic rings. The number of nitrogens with two attached hydrogens (primary N) is 1. The monoisotopic (exact) mass is 386 g/mol. The van der Waals surface area contributed by atoms with Gasteiger partial charge in [-0.25, -0.2) is 14.8 Å². The number of carbonyl (C=O) groups is 2. The zero-order valence-corrected chi connectivity index (χ0v) is 15.7. The average molecular weight is 386 g/mol. The van der Waals surface area contributed by atoms with Crippen molar-refractivity contribution in [2.45, 2.75) is 19.9 Å². The van der Waals surface area contributed by atoms with Crippen LogP contribution in [0.2, 0.25) is 0 Å². The van der Waals surface area contributed by atoms with Crippen LogP contribution in [0, 0.1) is 5.92 Å². The van der Waals surface area contributed by atoms with Gasteiger partial charge >= 0.3 is 5.97 Å². The van der Waals surface area contributed by atoms with E-state index in [1.807, 2.05) is 32.0 Å². The number of carbonyl (C=O) groups excluding carboxylic acids is 2. The minimum atomic E-state index is -0.804. The van der Waals surface area contributed by atoms with Crippen LogP contribution in [-0.4, -0.2) is 41.7 Å². The standard InChI is InChI=1S/C19H22N4O5/c1-11(2)16(12-3-4-13-14(9-12)27-8-7-26-13)23-15(24)10-28-19(25)17-18(20)22-6-5-21-17/h3-6,9,11,16H,7-8,10H2,1-2H3,(H2,20,22)(H,23,24)/t16-/m1/s1. The number of rotatable bonds is 6. The highest BCUT2D eigenvalue weighted by molar-refractivity contribution is 5.93. The van der Waals surface area contributed by atoms with E-state index in [0.717, 1.165) is 5.56 Å². The summed E-state index contributed by atoms with van der Waals surface area (Å²) in [5.41, 5.74) is 6.33. The number of nitrogens with zero attached hydrogens (tertiary/aromatic N) is 2. The SMILES string of the molecule is CC(C)[C@@H](NC(=O)COC(=O)c1nccnc1N)c1ccc2c(c1)OCCO2. The summed E-state index contributed by atoms with van der Waals surface area (Å²) in [5, 5.41) is 2.88. The second kappa shape index (κ2) is 8.55. The summed E-state index contributed by atoms with van der Waals surface area (Å²) in [6.45, 7) is 4.50. The van der Waals surface area contributed by atoms with Crippen LogP contribution in [0.3, 0.4) is 0 Å². The predicted molar refractivity (Wildman–Crippen MR) is 99.9 cm³/mol. The summed E-state index contributed by atoms with van der Waals surface area (Å²) < 4.78 is 16.1. The third-order valence-electron chi connectivity index (χ3n) is 4.16. The topological polar surface area (TPSA) is 126 Å². The highest BCUT2D eigenvalue weighted by Gasteiger charge is 2.22. The number of hydrogen-bond acceptors (Lipinski definition) is 8. The lowest BCUT2D eigenvalue weighted by Crippen LogP contribution is -2.35. The van der Waals surface area contributed by atoms with Crippen molar-refractivity contribution in [3.05, 3.63) is 41.9 Å². The van der Waals surface area contributed by atoms with Crippen LogP contribution in [0.25, 0.3) is 0 Å². The van der Waals surface area contributed by atoms with Crippen LogP contribution in [0.15, 0.2) is 30.6 Å². The first-order valence-electron chi connectivity index (χ1n) is 8.88. The Hall–Kier alpha value is -3.36. The first-order chi connectivity index (χ1) is 13.5. The lowest BCUT2D eigenvalue weighted by molar-refractivity contribution is -0.125. The van der Waals surface area contributed by atoms with Crippen molar-refractivity contribution in [2.75, 3.05) is 25.6 Å². The van der Waals surface area contributed by atoms with E-state index in [1.165, 1.54) is 12.4 Å². The molecule has 1 aromatic heterocycles. The minimum Gasteiger partial charge on any atom is -0.486 e. The molecule has 0 bridgehead atoms. The van der Waals surface area contributed by atoms with Crippen LogP contribution in [0.5, 0.6) is 11.5 Å². The number of hydrogen-bond donors (Lipinski definition) is 2. The summed E-state index contributed by atoms with van der Waals surface area (Å²) in [5.74, 6) is 0.125. The van der Waals surface area contributed by atoms with Crippen molar-refractivity contribution in [2.24, 2.45) is 5.92 Å². The first kappa shape index (κ1) is 19.4. The fraction of sp³-hybridized carbons (Fsp3) is 0.368. The number of fused-ring (bicyclic) bond motifs is 1. The van der Waals surface area contributed by atoms with E-state index in [2.05, 4.69) is 15.3 Å². The molecule has 28 heavy (non-hydrogen) atoms. The number of aromatic nitrogens is 2. The molecule has 1 aromatic carbocycles. The van der Waals surface area contributed by atoms with E-state index in [0.29, 0.717) is 24.7 Å². The van der Waals surface area contributed by atoms with Gasteiger partial charge in [0.15, 0.2) is 29.6 Å². The molecule has 9 nitrogen and oxygen atoms in total. The van der Waals surface area contributed by atoms with Gasteiger partial charge in [-0.2, -0.15) is 0 Å². The van der Waals surface area contributed by atoms with E-state index in [9.17, 15) is 9.59 Å². The van der Waals surface area contributed by atoms with Crippen molar-refractivity contribution in [1.82, 2.24) is 15.3 Å². The van der Waals surface area contributed by atoms with Crippen molar-refractivity contribution in [3.8, 4) is 11.5 Å². The molecule has 2 heterocycles. The van der Waals surface area contributed by atoms with Gasteiger partial charge in [0.25, 0.3) is 5.91 Å². The number of nitrogens with one attached hydrogen (secondary N) is 1. The maximum absolute atomic E-state index is 12.3. The Morgan fingerprint density at radius 3 is 2.61 bits per heavy atom. The van der Waals surface area contributed by atoms with Crippen molar-refractivity contribution in [3.63, 3.8) is 0 Å². The molecule has 0 saturated heterocycles. The van der Waals surface area contributed by atoms with Gasteiger partial charge in [0.05, 0.1) is 6.04 Å². The maximum atomic E-state index is 12.3. The summed E-state index contributed by atoms with van der Waals surface area (Å²) >= 11 is 0. The van der Waals surface area contributed by atoms with Gasteiger partial charge in [-0.15, -0.1) is 0 Å². The quantitative estimate of drug-likeness (QED) is 0.716. The number of nitrogen functional groups attached to an aromatic ring is 1. The molecule has 148 valence electrons. The van der Waals surface area contributed by atoms with Gasteiger partial charge in [0.2, 0.25) is 0 Å². The van der Waals surface area contributed by atoms with Crippen molar-refractivity contribution < 1.29 is 23.8 Å². The van der Waals surface area contributed by atoms with Crippen LogP contribution in [-0.2, 0) is 9.53 Å². The molecule has 0 unspecified atom stereocenters. The van der Waals surface area contributed by atoms with Gasteiger partial charge in [0, 0.05) is 12.4 Å². The maximum Gasteiger partial charge on any atom is 0.361 e. The Morgan fingerprint density at radius 1 is 1.18 bits per heavy atom. The van der Waals surface area contributed by atoms with Crippen LogP contribution in [0.1, 0.15) is 35.9 Å². The molecule has 9 heteroatoms. The molecule has 3 rings (SSSR count). The first-order valence-corrected chi connectivity index (χ1v) is 8.88. The van der Waals surface area contributed by atoms with E-state index in [1.54, 1.807) is 0 Å². The summed E-state index contributed by atoms with van der Waals surface area (Å²) in [6, 6.07) is 5.27. The Bertz CT molecular complexity index is 871. The van der Waals surface area contributed by atoms with Gasteiger partial charge in [-0.3, -0.25) is 4.79 Å². The number of esters is 1. The second-order valence-electron chi connectivity index (χ2n) is 6.56. The smallest absolute Gasteiger partial charge is 0.361 e. The molecule has 2 aromatic rings. The number of ether oxygens (including phenoxy) is 3. The van der Waals surface area contributed by atoms with Gasteiger partial charge in [0.1, 0.15) is 13.2 Å². The summed E-state index contributed by atoms with van der Waals surface area (Å²) in [7, 11) is 0. The molecule has 0 fully saturated rings.